The summed E-state index contributed by atoms with van der Waals surface area (Å²) in [5.74, 6) is -0.309. The number of aromatic nitrogens is 3. The average Bonchev–Trinajstić information content (AvgIpc) is 3.31. The van der Waals surface area contributed by atoms with Gasteiger partial charge in [-0.05, 0) is 36.2 Å². The molecule has 4 rings (SSSR count). The summed E-state index contributed by atoms with van der Waals surface area (Å²) in [6.45, 7) is 2.82. The van der Waals surface area contributed by atoms with Crippen LogP contribution in [0.2, 0.25) is 0 Å². The first kappa shape index (κ1) is 17.0. The van der Waals surface area contributed by atoms with Crippen LogP contribution in [0.1, 0.15) is 28.4 Å². The highest BCUT2D eigenvalue weighted by atomic mass is 16.2. The molecule has 1 aromatic heterocycles. The number of hydrogen-bond donors (Lipinski definition) is 1. The fraction of sp³-hybridized carbons (Fsp3) is 0.200. The minimum absolute atomic E-state index is 0.101. The Bertz CT molecular complexity index is 966. The first-order chi connectivity index (χ1) is 13.1. The minimum atomic E-state index is -0.556. The van der Waals surface area contributed by atoms with Crippen LogP contribution < -0.4 is 5.32 Å². The molecule has 1 aliphatic rings. The zero-order chi connectivity index (χ0) is 18.8. The maximum absolute atomic E-state index is 12.6. The molecule has 0 fully saturated rings. The topological polar surface area (TPSA) is 80.1 Å². The van der Waals surface area contributed by atoms with Crippen LogP contribution in [0, 0.1) is 0 Å². The molecule has 2 heterocycles. The van der Waals surface area contributed by atoms with Crippen molar-refractivity contribution in [3.8, 4) is 0 Å². The summed E-state index contributed by atoms with van der Waals surface area (Å²) in [6, 6.07) is 14.5. The molecule has 2 amide bonds. The summed E-state index contributed by atoms with van der Waals surface area (Å²) < 4.78 is 1.73. The number of anilines is 1. The molecule has 3 aromatic rings. The van der Waals surface area contributed by atoms with Gasteiger partial charge in [-0.15, -0.1) is 0 Å². The molecule has 136 valence electrons. The standard InChI is InChI=1S/C20H19N5O2/c1-14(25-11-16-4-2-3-5-18(16)20(25)27)19(26)23-17-8-6-15(7-9-17)10-24-13-21-12-22-24/h2-9,12-14H,10-11H2,1H3,(H,23,26)/t14-/m1/s1. The van der Waals surface area contributed by atoms with E-state index < -0.39 is 6.04 Å². The van der Waals surface area contributed by atoms with Gasteiger partial charge in [0.2, 0.25) is 5.91 Å². The fourth-order valence-electron chi connectivity index (χ4n) is 3.17. The number of fused-ring (bicyclic) bond motifs is 1. The molecule has 0 bridgehead atoms. The lowest BCUT2D eigenvalue weighted by atomic mass is 10.1. The molecule has 0 unspecified atom stereocenters. The van der Waals surface area contributed by atoms with Crippen molar-refractivity contribution in [1.29, 1.82) is 0 Å². The molecular formula is C20H19N5O2. The SMILES string of the molecule is C[C@H](C(=O)Nc1ccc(Cn2cncn2)cc1)N1Cc2ccccc2C1=O. The molecule has 27 heavy (non-hydrogen) atoms. The summed E-state index contributed by atoms with van der Waals surface area (Å²) >= 11 is 0. The van der Waals surface area contributed by atoms with Crippen molar-refractivity contribution in [1.82, 2.24) is 19.7 Å². The van der Waals surface area contributed by atoms with Gasteiger partial charge in [-0.3, -0.25) is 9.59 Å². The van der Waals surface area contributed by atoms with E-state index in [4.69, 9.17) is 0 Å². The molecule has 1 aliphatic heterocycles. The maximum atomic E-state index is 12.6. The van der Waals surface area contributed by atoms with Crippen molar-refractivity contribution < 1.29 is 9.59 Å². The third-order valence-corrected chi connectivity index (χ3v) is 4.73. The van der Waals surface area contributed by atoms with E-state index in [0.717, 1.165) is 11.1 Å². The van der Waals surface area contributed by atoms with Gasteiger partial charge in [-0.1, -0.05) is 30.3 Å². The van der Waals surface area contributed by atoms with Crippen LogP contribution in [-0.2, 0) is 17.9 Å². The highest BCUT2D eigenvalue weighted by Gasteiger charge is 2.33. The average molecular weight is 361 g/mol. The second-order valence-corrected chi connectivity index (χ2v) is 6.55. The number of nitrogens with zero attached hydrogens (tertiary/aromatic N) is 4. The molecular weight excluding hydrogens is 342 g/mol. The van der Waals surface area contributed by atoms with Crippen LogP contribution >= 0.6 is 0 Å². The van der Waals surface area contributed by atoms with E-state index in [1.165, 1.54) is 6.33 Å². The molecule has 2 aromatic carbocycles. The molecule has 1 atom stereocenters. The zero-order valence-electron chi connectivity index (χ0n) is 14.9. The molecule has 7 heteroatoms. The van der Waals surface area contributed by atoms with E-state index in [0.29, 0.717) is 24.3 Å². The Morgan fingerprint density at radius 3 is 2.67 bits per heavy atom. The van der Waals surface area contributed by atoms with Crippen LogP contribution in [0.4, 0.5) is 5.69 Å². The maximum Gasteiger partial charge on any atom is 0.255 e. The second-order valence-electron chi connectivity index (χ2n) is 6.55. The summed E-state index contributed by atoms with van der Waals surface area (Å²) in [4.78, 5) is 30.6. The van der Waals surface area contributed by atoms with Crippen LogP contribution in [-0.4, -0.2) is 37.5 Å². The monoisotopic (exact) mass is 361 g/mol. The first-order valence-corrected chi connectivity index (χ1v) is 8.73. The molecule has 0 aliphatic carbocycles. The Morgan fingerprint density at radius 2 is 1.96 bits per heavy atom. The van der Waals surface area contributed by atoms with Gasteiger partial charge >= 0.3 is 0 Å². The van der Waals surface area contributed by atoms with Gasteiger partial charge in [0.05, 0.1) is 6.54 Å². The van der Waals surface area contributed by atoms with Crippen LogP contribution in [0.15, 0.2) is 61.2 Å². The van der Waals surface area contributed by atoms with Gasteiger partial charge in [0.15, 0.2) is 0 Å². The Hall–Kier alpha value is -3.48. The lowest BCUT2D eigenvalue weighted by molar-refractivity contribution is -0.120. The highest BCUT2D eigenvalue weighted by molar-refractivity contribution is 6.03. The van der Waals surface area contributed by atoms with Crippen molar-refractivity contribution in [2.45, 2.75) is 26.1 Å². The molecule has 0 saturated carbocycles. The van der Waals surface area contributed by atoms with Crippen molar-refractivity contribution >= 4 is 17.5 Å². The van der Waals surface area contributed by atoms with Gasteiger partial charge in [-0.25, -0.2) is 9.67 Å². The lowest BCUT2D eigenvalue weighted by Crippen LogP contribution is -2.42. The Balaban J connectivity index is 1.39. The zero-order valence-corrected chi connectivity index (χ0v) is 14.9. The Kier molecular flexibility index (Phi) is 4.42. The summed E-state index contributed by atoms with van der Waals surface area (Å²) in [7, 11) is 0. The minimum Gasteiger partial charge on any atom is -0.324 e. The van der Waals surface area contributed by atoms with E-state index in [1.807, 2.05) is 42.5 Å². The van der Waals surface area contributed by atoms with Crippen molar-refractivity contribution in [3.05, 3.63) is 77.9 Å². The van der Waals surface area contributed by atoms with Gasteiger partial charge in [0, 0.05) is 17.8 Å². The summed E-state index contributed by atoms with van der Waals surface area (Å²) in [6.07, 6.45) is 3.15. The quantitative estimate of drug-likeness (QED) is 0.756. The predicted molar refractivity (Wildman–Crippen MR) is 100.0 cm³/mol. The third-order valence-electron chi connectivity index (χ3n) is 4.73. The van der Waals surface area contributed by atoms with E-state index in [-0.39, 0.29) is 11.8 Å². The number of hydrogen-bond acceptors (Lipinski definition) is 4. The third kappa shape index (κ3) is 3.44. The van der Waals surface area contributed by atoms with Crippen molar-refractivity contribution in [2.24, 2.45) is 0 Å². The van der Waals surface area contributed by atoms with E-state index in [9.17, 15) is 9.59 Å². The number of nitrogens with one attached hydrogen (secondary N) is 1. The number of benzene rings is 2. The van der Waals surface area contributed by atoms with Crippen LogP contribution in [0.3, 0.4) is 0 Å². The first-order valence-electron chi connectivity index (χ1n) is 8.73. The number of carbonyl (C=O) groups is 2. The van der Waals surface area contributed by atoms with E-state index >= 15 is 0 Å². The fourth-order valence-corrected chi connectivity index (χ4v) is 3.17. The van der Waals surface area contributed by atoms with Crippen molar-refractivity contribution in [3.63, 3.8) is 0 Å². The van der Waals surface area contributed by atoms with Gasteiger partial charge < -0.3 is 10.2 Å². The van der Waals surface area contributed by atoms with Crippen LogP contribution in [0.5, 0.6) is 0 Å². The molecule has 0 saturated heterocycles. The largest absolute Gasteiger partial charge is 0.324 e. The highest BCUT2D eigenvalue weighted by Crippen LogP contribution is 2.24. The normalized spacial score (nSPS) is 14.1. The lowest BCUT2D eigenvalue weighted by Gasteiger charge is -2.23. The Morgan fingerprint density at radius 1 is 1.19 bits per heavy atom. The number of carbonyl (C=O) groups excluding carboxylic acids is 2. The Labute approximate surface area is 156 Å². The van der Waals surface area contributed by atoms with Gasteiger partial charge in [0.1, 0.15) is 18.7 Å². The predicted octanol–water partition coefficient (Wildman–Crippen LogP) is 2.31. The van der Waals surface area contributed by atoms with E-state index in [1.54, 1.807) is 28.9 Å². The molecule has 0 radical (unpaired) electrons. The van der Waals surface area contributed by atoms with Gasteiger partial charge in [0.25, 0.3) is 5.91 Å². The van der Waals surface area contributed by atoms with E-state index in [2.05, 4.69) is 15.4 Å². The van der Waals surface area contributed by atoms with Crippen molar-refractivity contribution in [2.75, 3.05) is 5.32 Å². The second kappa shape index (κ2) is 7.03. The smallest absolute Gasteiger partial charge is 0.255 e. The number of amides is 2. The van der Waals surface area contributed by atoms with Gasteiger partial charge in [-0.2, -0.15) is 5.10 Å². The molecule has 0 spiro atoms. The summed E-state index contributed by atoms with van der Waals surface area (Å²) in [5.41, 5.74) is 3.38. The summed E-state index contributed by atoms with van der Waals surface area (Å²) in [5, 5.41) is 6.96. The number of rotatable bonds is 5. The molecule has 1 N–H and O–H groups in total. The van der Waals surface area contributed by atoms with Crippen LogP contribution in [0.25, 0.3) is 0 Å². The molecule has 7 nitrogen and oxygen atoms in total.